The Morgan fingerprint density at radius 1 is 0.818 bits per heavy atom. The van der Waals surface area contributed by atoms with Crippen LogP contribution < -0.4 is 9.80 Å². The fourth-order valence-corrected chi connectivity index (χ4v) is 6.73. The Balaban J connectivity index is 1.86. The highest BCUT2D eigenvalue weighted by Crippen LogP contribution is 2.65. The first-order valence-corrected chi connectivity index (χ1v) is 12.5. The van der Waals surface area contributed by atoms with Gasteiger partial charge in [0.25, 0.3) is 0 Å². The second-order valence-corrected chi connectivity index (χ2v) is 10.1. The zero-order valence-corrected chi connectivity index (χ0v) is 20.9. The van der Waals surface area contributed by atoms with Gasteiger partial charge in [0, 0.05) is 34.6 Å². The number of aryl methyl sites for hydroxylation is 2. The third-order valence-corrected chi connectivity index (χ3v) is 8.52. The summed E-state index contributed by atoms with van der Waals surface area (Å²) in [5.74, 6) is 1.93. The molecule has 0 aliphatic carbocycles. The number of benzene rings is 2. The standard InChI is InChI=1S/C29H36N4/c1-7-16-29(9-3)23-19-21(5)12-15-24(23)33-26-25(30-17-18-31-26)32(27(33)28(29,6)8-2)22-13-10-20(4)11-14-22/h10-15,17-19,27H,7-9,16H2,1-6H3. The Bertz CT molecular complexity index is 1170. The summed E-state index contributed by atoms with van der Waals surface area (Å²) in [4.78, 5) is 14.8. The zero-order chi connectivity index (χ0) is 23.4. The fourth-order valence-electron chi connectivity index (χ4n) is 6.73. The van der Waals surface area contributed by atoms with Crippen LogP contribution in [0.5, 0.6) is 0 Å². The predicted molar refractivity (Wildman–Crippen MR) is 138 cm³/mol. The smallest absolute Gasteiger partial charge is 0.178 e. The van der Waals surface area contributed by atoms with Gasteiger partial charge in [-0.05, 0) is 56.9 Å². The number of rotatable bonds is 5. The van der Waals surface area contributed by atoms with Gasteiger partial charge in [-0.1, -0.05) is 69.5 Å². The van der Waals surface area contributed by atoms with Crippen LogP contribution in [-0.2, 0) is 5.41 Å². The third kappa shape index (κ3) is 2.89. The van der Waals surface area contributed by atoms with Crippen molar-refractivity contribution < 1.29 is 0 Å². The highest BCUT2D eigenvalue weighted by molar-refractivity contribution is 5.86. The molecule has 5 rings (SSSR count). The first-order valence-electron chi connectivity index (χ1n) is 12.5. The quantitative estimate of drug-likeness (QED) is 0.409. The van der Waals surface area contributed by atoms with Gasteiger partial charge in [0.1, 0.15) is 6.17 Å². The molecule has 1 aromatic heterocycles. The van der Waals surface area contributed by atoms with Crippen molar-refractivity contribution in [1.29, 1.82) is 0 Å². The summed E-state index contributed by atoms with van der Waals surface area (Å²) in [6, 6.07) is 15.9. The topological polar surface area (TPSA) is 32.3 Å². The molecule has 4 nitrogen and oxygen atoms in total. The molecule has 0 amide bonds. The maximum absolute atomic E-state index is 4.90. The average molecular weight is 441 g/mol. The maximum atomic E-state index is 4.90. The number of hydrogen-bond acceptors (Lipinski definition) is 4. The van der Waals surface area contributed by atoms with Crippen molar-refractivity contribution in [3.05, 3.63) is 71.5 Å². The summed E-state index contributed by atoms with van der Waals surface area (Å²) in [5.41, 5.74) is 6.62. The van der Waals surface area contributed by atoms with E-state index in [0.717, 1.165) is 30.9 Å². The number of anilines is 4. The molecule has 2 aliphatic heterocycles. The van der Waals surface area contributed by atoms with E-state index in [-0.39, 0.29) is 17.0 Å². The number of nitrogens with zero attached hydrogens (tertiary/aromatic N) is 4. The SMILES string of the molecule is CCCC1(CC)c2cc(C)ccc2N2c3nccnc3N(c3ccc(C)cc3)C2C1(C)CC. The average Bonchev–Trinajstić information content (AvgIpc) is 3.18. The van der Waals surface area contributed by atoms with Gasteiger partial charge in [-0.3, -0.25) is 0 Å². The summed E-state index contributed by atoms with van der Waals surface area (Å²) >= 11 is 0. The van der Waals surface area contributed by atoms with Crippen molar-refractivity contribution in [2.45, 2.75) is 78.8 Å². The molecule has 3 atom stereocenters. The minimum absolute atomic E-state index is 0.00812. The van der Waals surface area contributed by atoms with Crippen LogP contribution in [0.25, 0.3) is 0 Å². The maximum Gasteiger partial charge on any atom is 0.178 e. The van der Waals surface area contributed by atoms with Gasteiger partial charge in [0.05, 0.1) is 0 Å². The van der Waals surface area contributed by atoms with E-state index >= 15 is 0 Å². The first kappa shape index (κ1) is 21.9. The van der Waals surface area contributed by atoms with Crippen molar-refractivity contribution in [2.75, 3.05) is 9.80 Å². The fraction of sp³-hybridized carbons (Fsp3) is 0.448. The molecular formula is C29H36N4. The van der Waals surface area contributed by atoms with Gasteiger partial charge in [0.2, 0.25) is 0 Å². The van der Waals surface area contributed by atoms with E-state index in [1.807, 2.05) is 12.4 Å². The number of aromatic nitrogens is 2. The van der Waals surface area contributed by atoms with Crippen molar-refractivity contribution in [3.8, 4) is 0 Å². The van der Waals surface area contributed by atoms with Gasteiger partial charge in [-0.25, -0.2) is 9.97 Å². The highest BCUT2D eigenvalue weighted by atomic mass is 15.5. The molecule has 0 fully saturated rings. The van der Waals surface area contributed by atoms with Gasteiger partial charge in [-0.2, -0.15) is 0 Å². The molecule has 2 aliphatic rings. The van der Waals surface area contributed by atoms with Crippen LogP contribution in [0.1, 0.15) is 70.1 Å². The molecule has 2 aromatic carbocycles. The first-order chi connectivity index (χ1) is 15.9. The summed E-state index contributed by atoms with van der Waals surface area (Å²) in [7, 11) is 0. The zero-order valence-electron chi connectivity index (χ0n) is 20.9. The van der Waals surface area contributed by atoms with Crippen LogP contribution in [0.4, 0.5) is 23.0 Å². The van der Waals surface area contributed by atoms with Gasteiger partial charge < -0.3 is 9.80 Å². The van der Waals surface area contributed by atoms with Crippen LogP contribution in [-0.4, -0.2) is 16.1 Å². The van der Waals surface area contributed by atoms with E-state index in [0.29, 0.717) is 0 Å². The van der Waals surface area contributed by atoms with Crippen molar-refractivity contribution in [3.63, 3.8) is 0 Å². The lowest BCUT2D eigenvalue weighted by atomic mass is 9.52. The van der Waals surface area contributed by atoms with E-state index in [9.17, 15) is 0 Å². The lowest BCUT2D eigenvalue weighted by molar-refractivity contribution is 0.0722. The van der Waals surface area contributed by atoms with Gasteiger partial charge in [0.15, 0.2) is 11.6 Å². The molecule has 33 heavy (non-hydrogen) atoms. The van der Waals surface area contributed by atoms with Crippen LogP contribution in [0.2, 0.25) is 0 Å². The molecule has 0 saturated carbocycles. The molecule has 3 heterocycles. The van der Waals surface area contributed by atoms with Crippen molar-refractivity contribution in [2.24, 2.45) is 5.41 Å². The molecule has 3 unspecified atom stereocenters. The Hall–Kier alpha value is -2.88. The molecule has 0 bridgehead atoms. The Labute approximate surface area is 198 Å². The molecule has 0 N–H and O–H groups in total. The Morgan fingerprint density at radius 3 is 2.06 bits per heavy atom. The third-order valence-electron chi connectivity index (χ3n) is 8.52. The van der Waals surface area contributed by atoms with Crippen molar-refractivity contribution >= 4 is 23.0 Å². The second-order valence-electron chi connectivity index (χ2n) is 10.1. The van der Waals surface area contributed by atoms with Crippen molar-refractivity contribution in [1.82, 2.24) is 9.97 Å². The summed E-state index contributed by atoms with van der Waals surface area (Å²) in [6.07, 6.45) is 8.31. The Morgan fingerprint density at radius 2 is 1.45 bits per heavy atom. The minimum atomic E-state index is -0.00812. The van der Waals surface area contributed by atoms with Crippen LogP contribution in [0.3, 0.4) is 0 Å². The van der Waals surface area contributed by atoms with E-state index in [1.54, 1.807) is 0 Å². The summed E-state index contributed by atoms with van der Waals surface area (Å²) in [5, 5.41) is 0. The number of hydrogen-bond donors (Lipinski definition) is 0. The number of fused-ring (bicyclic) bond motifs is 5. The minimum Gasteiger partial charge on any atom is -0.301 e. The largest absolute Gasteiger partial charge is 0.301 e. The lowest BCUT2D eigenvalue weighted by Gasteiger charge is -2.60. The van der Waals surface area contributed by atoms with Crippen LogP contribution in [0.15, 0.2) is 54.9 Å². The van der Waals surface area contributed by atoms with E-state index in [2.05, 4.69) is 93.8 Å². The van der Waals surface area contributed by atoms with E-state index < -0.39 is 0 Å². The molecule has 172 valence electrons. The predicted octanol–water partition coefficient (Wildman–Crippen LogP) is 7.59. The second kappa shape index (κ2) is 7.86. The van der Waals surface area contributed by atoms with Gasteiger partial charge in [-0.15, -0.1) is 0 Å². The van der Waals surface area contributed by atoms with Crippen LogP contribution >= 0.6 is 0 Å². The summed E-state index contributed by atoms with van der Waals surface area (Å²) < 4.78 is 0. The van der Waals surface area contributed by atoms with E-state index in [1.165, 1.54) is 34.5 Å². The monoisotopic (exact) mass is 440 g/mol. The molecule has 0 radical (unpaired) electrons. The Kier molecular flexibility index (Phi) is 5.23. The van der Waals surface area contributed by atoms with Gasteiger partial charge >= 0.3 is 0 Å². The molecular weight excluding hydrogens is 404 g/mol. The molecule has 3 aromatic rings. The molecule has 0 saturated heterocycles. The lowest BCUT2D eigenvalue weighted by Crippen LogP contribution is -2.63. The van der Waals surface area contributed by atoms with E-state index in [4.69, 9.17) is 9.97 Å². The van der Waals surface area contributed by atoms with Crippen LogP contribution in [0, 0.1) is 19.3 Å². The normalized spacial score (nSPS) is 25.6. The highest BCUT2D eigenvalue weighted by Gasteiger charge is 2.62. The summed E-state index contributed by atoms with van der Waals surface area (Å²) in [6.45, 7) is 14.0. The molecule has 4 heteroatoms. The molecule has 0 spiro atoms.